The highest BCUT2D eigenvalue weighted by atomic mass is 32.1. The molecule has 1 aromatic heterocycles. The number of hydrogen-bond donors (Lipinski definition) is 1. The van der Waals surface area contributed by atoms with Crippen LogP contribution in [0, 0.1) is 0 Å². The Morgan fingerprint density at radius 1 is 1.57 bits per heavy atom. The maximum Gasteiger partial charge on any atom is 0.122 e. The van der Waals surface area contributed by atoms with E-state index in [1.54, 1.807) is 11.3 Å². The lowest BCUT2D eigenvalue weighted by Crippen LogP contribution is -2.01. The number of ether oxygens (including phenoxy) is 1. The summed E-state index contributed by atoms with van der Waals surface area (Å²) in [5.41, 5.74) is 5.46. The molecule has 0 amide bonds. The zero-order chi connectivity index (χ0) is 9.97. The van der Waals surface area contributed by atoms with E-state index in [1.807, 2.05) is 0 Å². The van der Waals surface area contributed by atoms with Crippen molar-refractivity contribution in [2.75, 3.05) is 13.2 Å². The van der Waals surface area contributed by atoms with Crippen LogP contribution < -0.4 is 5.73 Å². The average molecular weight is 213 g/mol. The van der Waals surface area contributed by atoms with E-state index in [1.165, 1.54) is 0 Å². The summed E-state index contributed by atoms with van der Waals surface area (Å²) in [5.74, 6) is 0.453. The summed E-state index contributed by atoms with van der Waals surface area (Å²) in [7, 11) is 0. The lowest BCUT2D eigenvalue weighted by Gasteiger charge is -1.99. The van der Waals surface area contributed by atoms with Gasteiger partial charge in [-0.15, -0.1) is 21.5 Å². The lowest BCUT2D eigenvalue weighted by atomic mass is 10.1. The minimum absolute atomic E-state index is 0.363. The third kappa shape index (κ3) is 2.10. The Bertz CT molecular complexity index is 302. The van der Waals surface area contributed by atoms with Crippen molar-refractivity contribution in [2.24, 2.45) is 5.73 Å². The molecule has 0 radical (unpaired) electrons. The molecule has 1 aromatic rings. The average Bonchev–Trinajstić information content (AvgIpc) is 2.74. The summed E-state index contributed by atoms with van der Waals surface area (Å²) in [6.07, 6.45) is 2.26. The van der Waals surface area contributed by atoms with Crippen LogP contribution in [-0.2, 0) is 11.2 Å². The van der Waals surface area contributed by atoms with Gasteiger partial charge >= 0.3 is 0 Å². The van der Waals surface area contributed by atoms with Gasteiger partial charge in [-0.1, -0.05) is 0 Å². The Hall–Kier alpha value is -0.520. The van der Waals surface area contributed by atoms with Gasteiger partial charge in [0.2, 0.25) is 0 Å². The molecule has 2 heterocycles. The van der Waals surface area contributed by atoms with Gasteiger partial charge in [-0.05, 0) is 19.9 Å². The summed E-state index contributed by atoms with van der Waals surface area (Å²) in [4.78, 5) is 0. The largest absolute Gasteiger partial charge is 0.378 e. The maximum atomic E-state index is 5.50. The Kier molecular flexibility index (Phi) is 3.10. The molecule has 5 heteroatoms. The molecule has 0 aliphatic carbocycles. The first-order chi connectivity index (χ1) is 6.79. The van der Waals surface area contributed by atoms with E-state index in [-0.39, 0.29) is 0 Å². The fourth-order valence-electron chi connectivity index (χ4n) is 1.65. The first-order valence-electron chi connectivity index (χ1n) is 4.93. The molecule has 1 aliphatic heterocycles. The van der Waals surface area contributed by atoms with Crippen LogP contribution in [0.2, 0.25) is 0 Å². The zero-order valence-corrected chi connectivity index (χ0v) is 9.09. The topological polar surface area (TPSA) is 61.0 Å². The first-order valence-corrected chi connectivity index (χ1v) is 5.75. The molecule has 14 heavy (non-hydrogen) atoms. The maximum absolute atomic E-state index is 5.50. The highest BCUT2D eigenvalue weighted by Gasteiger charge is 2.26. The van der Waals surface area contributed by atoms with Gasteiger partial charge in [0.25, 0.3) is 0 Å². The van der Waals surface area contributed by atoms with Crippen molar-refractivity contribution in [3.8, 4) is 0 Å². The molecule has 0 spiro atoms. The fourth-order valence-corrected chi connectivity index (χ4v) is 2.60. The zero-order valence-electron chi connectivity index (χ0n) is 8.27. The summed E-state index contributed by atoms with van der Waals surface area (Å²) >= 11 is 1.67. The minimum Gasteiger partial charge on any atom is -0.378 e. The van der Waals surface area contributed by atoms with Crippen LogP contribution in [0.3, 0.4) is 0 Å². The quantitative estimate of drug-likeness (QED) is 0.811. The molecule has 2 N–H and O–H groups in total. The van der Waals surface area contributed by atoms with Crippen LogP contribution in [0.15, 0.2) is 0 Å². The van der Waals surface area contributed by atoms with Crippen molar-refractivity contribution in [3.63, 3.8) is 0 Å². The van der Waals surface area contributed by atoms with E-state index in [4.69, 9.17) is 10.5 Å². The van der Waals surface area contributed by atoms with Crippen LogP contribution in [0.25, 0.3) is 0 Å². The van der Waals surface area contributed by atoms with Crippen LogP contribution in [0.4, 0.5) is 0 Å². The number of nitrogens with two attached hydrogens (primary N) is 1. The Morgan fingerprint density at radius 3 is 3.07 bits per heavy atom. The van der Waals surface area contributed by atoms with Crippen LogP contribution in [0.1, 0.15) is 29.3 Å². The molecule has 0 saturated carbocycles. The highest BCUT2D eigenvalue weighted by Crippen LogP contribution is 2.30. The van der Waals surface area contributed by atoms with E-state index in [0.717, 1.165) is 29.5 Å². The van der Waals surface area contributed by atoms with Crippen molar-refractivity contribution in [1.29, 1.82) is 0 Å². The molecule has 2 rings (SSSR count). The highest BCUT2D eigenvalue weighted by molar-refractivity contribution is 7.11. The van der Waals surface area contributed by atoms with E-state index < -0.39 is 0 Å². The number of nitrogens with zero attached hydrogens (tertiary/aromatic N) is 2. The van der Waals surface area contributed by atoms with Crippen molar-refractivity contribution in [1.82, 2.24) is 10.2 Å². The van der Waals surface area contributed by atoms with E-state index in [0.29, 0.717) is 18.6 Å². The number of rotatable bonds is 3. The van der Waals surface area contributed by atoms with Crippen molar-refractivity contribution in [3.05, 3.63) is 10.0 Å². The molecule has 0 bridgehead atoms. The first kappa shape index (κ1) is 10.0. The fraction of sp³-hybridized carbons (Fsp3) is 0.778. The summed E-state index contributed by atoms with van der Waals surface area (Å²) in [6, 6.07) is 0. The summed E-state index contributed by atoms with van der Waals surface area (Å²) in [5, 5.41) is 10.4. The molecule has 2 atom stereocenters. The molecular weight excluding hydrogens is 198 g/mol. The Balaban J connectivity index is 2.02. The molecular formula is C9H15N3OS. The molecule has 1 saturated heterocycles. The predicted octanol–water partition coefficient (Wildman–Crippen LogP) is 0.932. The van der Waals surface area contributed by atoms with E-state index in [9.17, 15) is 0 Å². The van der Waals surface area contributed by atoms with Gasteiger partial charge in [0.1, 0.15) is 10.0 Å². The molecule has 0 aromatic carbocycles. The third-order valence-electron chi connectivity index (χ3n) is 2.39. The standard InChI is InChI=1S/C9H15N3OS/c1-6-4-7(5-13-6)9-12-11-8(14-9)2-3-10/h6-7H,2-5,10H2,1H3. The van der Waals surface area contributed by atoms with Gasteiger partial charge < -0.3 is 10.5 Å². The SMILES string of the molecule is CC1CC(c2nnc(CCN)s2)CO1. The van der Waals surface area contributed by atoms with Crippen LogP contribution in [-0.4, -0.2) is 29.5 Å². The van der Waals surface area contributed by atoms with Crippen molar-refractivity contribution < 1.29 is 4.74 Å². The van der Waals surface area contributed by atoms with Gasteiger partial charge in [0.05, 0.1) is 12.7 Å². The number of hydrogen-bond acceptors (Lipinski definition) is 5. The second-order valence-electron chi connectivity index (χ2n) is 3.65. The van der Waals surface area contributed by atoms with Crippen LogP contribution in [0.5, 0.6) is 0 Å². The third-order valence-corrected chi connectivity index (χ3v) is 3.53. The molecule has 78 valence electrons. The molecule has 2 unspecified atom stereocenters. The van der Waals surface area contributed by atoms with E-state index >= 15 is 0 Å². The van der Waals surface area contributed by atoms with Crippen molar-refractivity contribution >= 4 is 11.3 Å². The summed E-state index contributed by atoms with van der Waals surface area (Å²) < 4.78 is 5.50. The van der Waals surface area contributed by atoms with Gasteiger partial charge in [-0.25, -0.2) is 0 Å². The van der Waals surface area contributed by atoms with Crippen molar-refractivity contribution in [2.45, 2.75) is 31.8 Å². The monoisotopic (exact) mass is 213 g/mol. The number of aromatic nitrogens is 2. The molecule has 1 aliphatic rings. The summed E-state index contributed by atoms with van der Waals surface area (Å²) in [6.45, 7) is 3.53. The second-order valence-corrected chi connectivity index (χ2v) is 4.74. The van der Waals surface area contributed by atoms with Gasteiger partial charge in [-0.3, -0.25) is 0 Å². The molecule has 4 nitrogen and oxygen atoms in total. The smallest absolute Gasteiger partial charge is 0.122 e. The normalized spacial score (nSPS) is 27.0. The Morgan fingerprint density at radius 2 is 2.43 bits per heavy atom. The lowest BCUT2D eigenvalue weighted by molar-refractivity contribution is 0.123. The second kappa shape index (κ2) is 4.33. The minimum atomic E-state index is 0.363. The van der Waals surface area contributed by atoms with Gasteiger partial charge in [0.15, 0.2) is 0 Å². The Labute approximate surface area is 87.5 Å². The van der Waals surface area contributed by atoms with Gasteiger partial charge in [0, 0.05) is 12.3 Å². The molecule has 1 fully saturated rings. The predicted molar refractivity (Wildman–Crippen MR) is 55.4 cm³/mol. The van der Waals surface area contributed by atoms with Gasteiger partial charge in [-0.2, -0.15) is 0 Å². The van der Waals surface area contributed by atoms with Crippen LogP contribution >= 0.6 is 11.3 Å². The van der Waals surface area contributed by atoms with E-state index in [2.05, 4.69) is 17.1 Å².